The first kappa shape index (κ1) is 7.88. The molecule has 0 aliphatic carbocycles. The Kier molecular flexibility index (Phi) is 2.97. The summed E-state index contributed by atoms with van der Waals surface area (Å²) in [6, 6.07) is 0. The molecule has 3 nitrogen and oxygen atoms in total. The zero-order valence-electron chi connectivity index (χ0n) is 5.91. The molecule has 0 aliphatic rings. The van der Waals surface area contributed by atoms with Gasteiger partial charge < -0.3 is 4.74 Å². The summed E-state index contributed by atoms with van der Waals surface area (Å²) in [5.41, 5.74) is 0. The third kappa shape index (κ3) is 1.78. The lowest BCUT2D eigenvalue weighted by molar-refractivity contribution is -0.0400. The second-order valence-electron chi connectivity index (χ2n) is 1.74. The topological polar surface area (TPSA) is 33.3 Å². The molecular weight excluding hydrogens is 104 g/mol. The lowest BCUT2D eigenvalue weighted by Gasteiger charge is -2.26. The molecular formula is C5H14N2O. The van der Waals surface area contributed by atoms with E-state index < -0.39 is 0 Å². The van der Waals surface area contributed by atoms with Gasteiger partial charge in [-0.2, -0.15) is 0 Å². The monoisotopic (exact) mass is 118 g/mol. The predicted molar refractivity (Wildman–Crippen MR) is 33.5 cm³/mol. The van der Waals surface area contributed by atoms with Crippen LogP contribution in [0.15, 0.2) is 0 Å². The Morgan fingerprint density at radius 2 is 1.62 bits per heavy atom. The fraction of sp³-hybridized carbons (Fsp3) is 1.00. The van der Waals surface area contributed by atoms with E-state index in [1.54, 1.807) is 7.11 Å². The fourth-order valence-corrected chi connectivity index (χ4v) is 0.329. The van der Waals surface area contributed by atoms with E-state index in [1.165, 1.54) is 0 Å². The second kappa shape index (κ2) is 3.02. The maximum absolute atomic E-state index is 5.01. The molecule has 0 aromatic carbocycles. The Morgan fingerprint density at radius 1 is 1.25 bits per heavy atom. The highest BCUT2D eigenvalue weighted by Gasteiger charge is 2.15. The minimum Gasteiger partial charge on any atom is -0.351 e. The Morgan fingerprint density at radius 3 is 1.62 bits per heavy atom. The van der Waals surface area contributed by atoms with E-state index in [0.717, 1.165) is 0 Å². The third-order valence-electron chi connectivity index (χ3n) is 1.36. The Balaban J connectivity index is 3.58. The van der Waals surface area contributed by atoms with Crippen molar-refractivity contribution in [3.8, 4) is 0 Å². The molecule has 0 radical (unpaired) electrons. The lowest BCUT2D eigenvalue weighted by atomic mass is 10.5. The summed E-state index contributed by atoms with van der Waals surface area (Å²) in [4.78, 5) is 0. The van der Waals surface area contributed by atoms with Crippen molar-refractivity contribution in [2.24, 2.45) is 0 Å². The highest BCUT2D eigenvalue weighted by Crippen LogP contribution is 1.93. The van der Waals surface area contributed by atoms with Gasteiger partial charge in [-0.15, -0.1) is 0 Å². The SMILES string of the molecule is CNC(C)(NC)OC. The largest absolute Gasteiger partial charge is 0.351 e. The molecule has 0 unspecified atom stereocenters. The van der Waals surface area contributed by atoms with Crippen LogP contribution in [0.3, 0.4) is 0 Å². The molecule has 0 aromatic rings. The molecule has 0 rings (SSSR count). The van der Waals surface area contributed by atoms with Crippen LogP contribution in [0.4, 0.5) is 0 Å². The molecule has 0 heterocycles. The van der Waals surface area contributed by atoms with Gasteiger partial charge in [-0.05, 0) is 21.0 Å². The van der Waals surface area contributed by atoms with Gasteiger partial charge in [-0.25, -0.2) is 0 Å². The van der Waals surface area contributed by atoms with Crippen molar-refractivity contribution in [3.63, 3.8) is 0 Å². The predicted octanol–water partition coefficient (Wildman–Crippen LogP) is -0.255. The Bertz CT molecular complexity index is 53.2. The van der Waals surface area contributed by atoms with E-state index >= 15 is 0 Å². The highest BCUT2D eigenvalue weighted by molar-refractivity contribution is 4.61. The lowest BCUT2D eigenvalue weighted by Crippen LogP contribution is -2.52. The maximum Gasteiger partial charge on any atom is 0.170 e. The summed E-state index contributed by atoms with van der Waals surface area (Å²) >= 11 is 0. The summed E-state index contributed by atoms with van der Waals surface area (Å²) in [5, 5.41) is 5.89. The molecule has 0 saturated carbocycles. The van der Waals surface area contributed by atoms with E-state index in [4.69, 9.17) is 4.74 Å². The van der Waals surface area contributed by atoms with Crippen molar-refractivity contribution in [2.75, 3.05) is 21.2 Å². The zero-order chi connectivity index (χ0) is 6.62. The number of methoxy groups -OCH3 is 1. The van der Waals surface area contributed by atoms with Gasteiger partial charge in [-0.3, -0.25) is 10.6 Å². The molecule has 50 valence electrons. The summed E-state index contributed by atoms with van der Waals surface area (Å²) in [6.45, 7) is 1.91. The molecule has 2 N–H and O–H groups in total. The third-order valence-corrected chi connectivity index (χ3v) is 1.36. The molecule has 0 aliphatic heterocycles. The smallest absolute Gasteiger partial charge is 0.170 e. The number of rotatable bonds is 3. The first-order chi connectivity index (χ1) is 3.68. The van der Waals surface area contributed by atoms with E-state index in [-0.39, 0.29) is 5.85 Å². The molecule has 3 heteroatoms. The normalized spacial score (nSPS) is 12.0. The minimum atomic E-state index is -0.375. The van der Waals surface area contributed by atoms with Crippen LogP contribution in [-0.4, -0.2) is 27.1 Å². The van der Waals surface area contributed by atoms with Crippen LogP contribution in [-0.2, 0) is 4.74 Å². The van der Waals surface area contributed by atoms with Crippen LogP contribution < -0.4 is 10.6 Å². The average Bonchev–Trinajstić information content (AvgIpc) is 1.87. The van der Waals surface area contributed by atoms with Crippen LogP contribution in [0, 0.1) is 0 Å². The second-order valence-corrected chi connectivity index (χ2v) is 1.74. The van der Waals surface area contributed by atoms with Crippen LogP contribution >= 0.6 is 0 Å². The van der Waals surface area contributed by atoms with Crippen molar-refractivity contribution >= 4 is 0 Å². The highest BCUT2D eigenvalue weighted by atomic mass is 16.5. The first-order valence-electron chi connectivity index (χ1n) is 2.61. The quantitative estimate of drug-likeness (QED) is 0.501. The van der Waals surface area contributed by atoms with E-state index in [2.05, 4.69) is 10.6 Å². The van der Waals surface area contributed by atoms with Crippen molar-refractivity contribution in [3.05, 3.63) is 0 Å². The van der Waals surface area contributed by atoms with Crippen LogP contribution in [0.25, 0.3) is 0 Å². The Labute approximate surface area is 50.4 Å². The van der Waals surface area contributed by atoms with Gasteiger partial charge in [0.15, 0.2) is 5.85 Å². The number of ether oxygens (including phenoxy) is 1. The van der Waals surface area contributed by atoms with Gasteiger partial charge >= 0.3 is 0 Å². The molecule has 0 amide bonds. The molecule has 0 bridgehead atoms. The van der Waals surface area contributed by atoms with Crippen molar-refractivity contribution < 1.29 is 4.74 Å². The average molecular weight is 118 g/mol. The first-order valence-corrected chi connectivity index (χ1v) is 2.61. The molecule has 0 fully saturated rings. The van der Waals surface area contributed by atoms with Gasteiger partial charge in [0.05, 0.1) is 0 Å². The molecule has 0 spiro atoms. The number of nitrogens with one attached hydrogen (secondary N) is 2. The van der Waals surface area contributed by atoms with Crippen molar-refractivity contribution in [1.82, 2.24) is 10.6 Å². The summed E-state index contributed by atoms with van der Waals surface area (Å²) < 4.78 is 5.01. The molecule has 0 atom stereocenters. The van der Waals surface area contributed by atoms with Gasteiger partial charge in [0.25, 0.3) is 0 Å². The Hall–Kier alpha value is -0.120. The van der Waals surface area contributed by atoms with Gasteiger partial charge in [0.1, 0.15) is 0 Å². The summed E-state index contributed by atoms with van der Waals surface area (Å²) in [6.07, 6.45) is 0. The molecule has 0 aromatic heterocycles. The summed E-state index contributed by atoms with van der Waals surface area (Å²) in [5.74, 6) is -0.375. The van der Waals surface area contributed by atoms with Gasteiger partial charge in [-0.1, -0.05) is 0 Å². The van der Waals surface area contributed by atoms with Crippen LogP contribution in [0.5, 0.6) is 0 Å². The fourth-order valence-electron chi connectivity index (χ4n) is 0.329. The number of hydrogen-bond donors (Lipinski definition) is 2. The minimum absolute atomic E-state index is 0.375. The van der Waals surface area contributed by atoms with E-state index in [9.17, 15) is 0 Å². The number of hydrogen-bond acceptors (Lipinski definition) is 3. The standard InChI is InChI=1S/C5H14N2O/c1-5(6-2,7-3)8-4/h6-7H,1-4H3. The van der Waals surface area contributed by atoms with Gasteiger partial charge in [0, 0.05) is 7.11 Å². The van der Waals surface area contributed by atoms with Crippen molar-refractivity contribution in [1.29, 1.82) is 0 Å². The molecule has 8 heavy (non-hydrogen) atoms. The van der Waals surface area contributed by atoms with Crippen molar-refractivity contribution in [2.45, 2.75) is 12.8 Å². The van der Waals surface area contributed by atoms with E-state index in [1.807, 2.05) is 21.0 Å². The van der Waals surface area contributed by atoms with Crippen LogP contribution in [0.2, 0.25) is 0 Å². The van der Waals surface area contributed by atoms with E-state index in [0.29, 0.717) is 0 Å². The zero-order valence-corrected chi connectivity index (χ0v) is 5.91. The molecule has 0 saturated heterocycles. The van der Waals surface area contributed by atoms with Gasteiger partial charge in [0.2, 0.25) is 0 Å². The summed E-state index contributed by atoms with van der Waals surface area (Å²) in [7, 11) is 5.31. The van der Waals surface area contributed by atoms with Crippen LogP contribution in [0.1, 0.15) is 6.92 Å². The maximum atomic E-state index is 5.01.